The Morgan fingerprint density at radius 3 is 1.86 bits per heavy atom. The number of ketones is 1. The molecule has 51 heavy (non-hydrogen) atoms. The van der Waals surface area contributed by atoms with E-state index >= 15 is 8.78 Å². The normalized spacial score (nSPS) is 26.7. The fourth-order valence-corrected chi connectivity index (χ4v) is 9.20. The van der Waals surface area contributed by atoms with E-state index in [1.165, 1.54) is 6.92 Å². The van der Waals surface area contributed by atoms with Gasteiger partial charge in [0.1, 0.15) is 5.60 Å². The van der Waals surface area contributed by atoms with Crippen molar-refractivity contribution >= 4 is 33.6 Å². The molecule has 0 aliphatic heterocycles. The second-order valence-corrected chi connectivity index (χ2v) is 18.6. The number of oxime groups is 1. The van der Waals surface area contributed by atoms with Gasteiger partial charge in [-0.25, -0.2) is 4.79 Å². The molecule has 286 valence electrons. The summed E-state index contributed by atoms with van der Waals surface area (Å²) in [6.07, 6.45) is -0.958. The van der Waals surface area contributed by atoms with Crippen LogP contribution in [0.1, 0.15) is 123 Å². The highest BCUT2D eigenvalue weighted by atomic mass is 32.2. The molecular weight excluding hydrogens is 701 g/mol. The molecule has 3 atom stereocenters. The third-order valence-electron chi connectivity index (χ3n) is 11.3. The zero-order valence-corrected chi connectivity index (χ0v) is 31.2. The van der Waals surface area contributed by atoms with E-state index in [0.717, 1.165) is 30.7 Å². The number of Topliss-reactive ketones (excluding diaryl/α,β-unsaturated/α-hetero) is 1. The monoisotopic (exact) mass is 749 g/mol. The summed E-state index contributed by atoms with van der Waals surface area (Å²) in [7, 11) is -6.42. The molecule has 4 saturated carbocycles. The van der Waals surface area contributed by atoms with Gasteiger partial charge in [-0.3, -0.25) is 13.9 Å². The Balaban J connectivity index is 1.52. The lowest BCUT2D eigenvalue weighted by atomic mass is 9.48. The molecule has 0 N–H and O–H groups in total. The summed E-state index contributed by atoms with van der Waals surface area (Å²) in [5.41, 5.74) is -6.00. The first-order valence-corrected chi connectivity index (χ1v) is 18.5. The number of benzene rings is 1. The van der Waals surface area contributed by atoms with Gasteiger partial charge in [-0.05, 0) is 87.9 Å². The van der Waals surface area contributed by atoms with E-state index in [9.17, 15) is 36.0 Å². The Morgan fingerprint density at radius 2 is 1.39 bits per heavy atom. The minimum Gasteiger partial charge on any atom is -0.460 e. The van der Waals surface area contributed by atoms with Crippen LogP contribution < -0.4 is 0 Å². The number of carbonyl (C=O) groups excluding carboxylic acids is 3. The number of rotatable bonds is 13. The average Bonchev–Trinajstić information content (AvgIpc) is 2.97. The fourth-order valence-electron chi connectivity index (χ4n) is 8.67. The van der Waals surface area contributed by atoms with Gasteiger partial charge in [0.15, 0.2) is 11.5 Å². The zero-order valence-electron chi connectivity index (χ0n) is 30.3. The first kappa shape index (κ1) is 40.7. The largest absolute Gasteiger partial charge is 0.478 e. The van der Waals surface area contributed by atoms with Gasteiger partial charge >= 0.3 is 33.5 Å². The zero-order chi connectivity index (χ0) is 38.6. The standard InChI is InChI=1S/C36H48F5NO8S/c1-9-31(6,7)32(8,19-30(3,4)5)28(44)49-34-17-23-14-24(18-34)16-33(15-23,20-34)21-48-29(45)36(40,41)51(46,47)50-42-27(35(37,38)39)26-12-10-25(11-13-26)22(2)43/h10-13,23-24H,9,14-21H2,1-8H3. The number of nitrogens with zero attached hydrogens (tertiary/aromatic N) is 1. The molecule has 0 amide bonds. The Labute approximate surface area is 296 Å². The minimum absolute atomic E-state index is 0.0330. The SMILES string of the molecule is CCC(C)(C)C(C)(CC(C)(C)C)C(=O)OC12CC3CC(CC(COC(=O)C(F)(F)S(=O)(=O)ON=C(c4ccc(C(C)=O)cc4)C(F)(F)F)(C3)C1)C2. The fraction of sp³-hybridized carbons (Fsp3) is 0.722. The molecule has 1 aromatic rings. The highest BCUT2D eigenvalue weighted by molar-refractivity contribution is 7.88. The van der Waals surface area contributed by atoms with E-state index in [4.69, 9.17) is 9.47 Å². The number of alkyl halides is 5. The van der Waals surface area contributed by atoms with E-state index in [-0.39, 0.29) is 35.2 Å². The first-order valence-electron chi connectivity index (χ1n) is 17.1. The van der Waals surface area contributed by atoms with Gasteiger partial charge in [-0.2, -0.15) is 30.4 Å². The number of ether oxygens (including phenoxy) is 2. The van der Waals surface area contributed by atoms with Crippen LogP contribution in [0, 0.1) is 33.5 Å². The van der Waals surface area contributed by atoms with Crippen LogP contribution in [0.25, 0.3) is 0 Å². The molecule has 5 rings (SSSR count). The summed E-state index contributed by atoms with van der Waals surface area (Å²) >= 11 is 0. The van der Waals surface area contributed by atoms with Crippen LogP contribution in [-0.2, 0) is 33.5 Å². The summed E-state index contributed by atoms with van der Waals surface area (Å²) in [5.74, 6) is -3.23. The van der Waals surface area contributed by atoms with E-state index < -0.39 is 73.0 Å². The molecule has 4 aliphatic rings. The molecule has 9 nitrogen and oxygen atoms in total. The van der Waals surface area contributed by atoms with Crippen LogP contribution in [0.2, 0.25) is 0 Å². The van der Waals surface area contributed by atoms with Gasteiger partial charge in [0.25, 0.3) is 0 Å². The summed E-state index contributed by atoms with van der Waals surface area (Å²) in [6.45, 7) is 14.7. The topological polar surface area (TPSA) is 125 Å². The Bertz CT molecular complexity index is 1650. The minimum atomic E-state index is -6.42. The molecule has 4 bridgehead atoms. The van der Waals surface area contributed by atoms with Gasteiger partial charge in [0, 0.05) is 16.5 Å². The number of esters is 2. The van der Waals surface area contributed by atoms with Gasteiger partial charge < -0.3 is 9.47 Å². The van der Waals surface area contributed by atoms with Gasteiger partial charge in [-0.15, -0.1) is 0 Å². The lowest BCUT2D eigenvalue weighted by molar-refractivity contribution is -0.224. The van der Waals surface area contributed by atoms with Gasteiger partial charge in [0.05, 0.1) is 12.0 Å². The van der Waals surface area contributed by atoms with Crippen molar-refractivity contribution < 1.29 is 58.5 Å². The average molecular weight is 750 g/mol. The maximum atomic E-state index is 15.1. The van der Waals surface area contributed by atoms with Crippen LogP contribution in [0.5, 0.6) is 0 Å². The van der Waals surface area contributed by atoms with Crippen LogP contribution in [0.3, 0.4) is 0 Å². The molecule has 1 aromatic carbocycles. The highest BCUT2D eigenvalue weighted by Crippen LogP contribution is 2.64. The van der Waals surface area contributed by atoms with Crippen molar-refractivity contribution in [2.24, 2.45) is 38.7 Å². The molecule has 4 aliphatic carbocycles. The smallest absolute Gasteiger partial charge is 0.460 e. The van der Waals surface area contributed by atoms with Crippen LogP contribution in [-0.4, -0.2) is 55.5 Å². The van der Waals surface area contributed by atoms with Gasteiger partial charge in [0.2, 0.25) is 0 Å². The predicted octanol–water partition coefficient (Wildman–Crippen LogP) is 8.40. The van der Waals surface area contributed by atoms with Crippen molar-refractivity contribution in [3.05, 3.63) is 35.4 Å². The highest BCUT2D eigenvalue weighted by Gasteiger charge is 2.63. The number of hydrogen-bond donors (Lipinski definition) is 0. The van der Waals surface area contributed by atoms with Crippen molar-refractivity contribution in [1.82, 2.24) is 0 Å². The third-order valence-corrected chi connectivity index (χ3v) is 12.3. The summed E-state index contributed by atoms with van der Waals surface area (Å²) < 4.78 is 111. The number of halogens is 5. The molecule has 4 fully saturated rings. The Morgan fingerprint density at radius 1 is 0.863 bits per heavy atom. The van der Waals surface area contributed by atoms with Crippen molar-refractivity contribution in [2.45, 2.75) is 124 Å². The van der Waals surface area contributed by atoms with Crippen LogP contribution in [0.15, 0.2) is 29.4 Å². The lowest BCUT2D eigenvalue weighted by Crippen LogP contribution is -2.60. The second kappa shape index (κ2) is 13.4. The second-order valence-electron chi connectivity index (χ2n) is 17.0. The van der Waals surface area contributed by atoms with Crippen molar-refractivity contribution in [3.63, 3.8) is 0 Å². The van der Waals surface area contributed by atoms with E-state index in [2.05, 4.69) is 30.2 Å². The van der Waals surface area contributed by atoms with Gasteiger partial charge in [-0.1, -0.05) is 71.0 Å². The predicted molar refractivity (Wildman–Crippen MR) is 177 cm³/mol. The number of carbonyl (C=O) groups is 3. The summed E-state index contributed by atoms with van der Waals surface area (Å²) in [5, 5.41) is -2.96. The van der Waals surface area contributed by atoms with E-state index in [1.807, 2.05) is 27.7 Å². The molecule has 0 saturated heterocycles. The molecule has 15 heteroatoms. The molecule has 0 aromatic heterocycles. The van der Waals surface area contributed by atoms with Crippen molar-refractivity contribution in [3.8, 4) is 0 Å². The summed E-state index contributed by atoms with van der Waals surface area (Å²) in [6, 6.07) is 3.59. The molecule has 0 radical (unpaired) electrons. The van der Waals surface area contributed by atoms with E-state index in [0.29, 0.717) is 38.5 Å². The quantitative estimate of drug-likeness (QED) is 0.0648. The molecule has 3 unspecified atom stereocenters. The lowest BCUT2D eigenvalue weighted by Gasteiger charge is -2.61. The van der Waals surface area contributed by atoms with E-state index in [1.54, 1.807) is 0 Å². The molecule has 0 spiro atoms. The van der Waals surface area contributed by atoms with Crippen LogP contribution >= 0.6 is 0 Å². The molecule has 0 heterocycles. The Kier molecular flexibility index (Phi) is 10.7. The van der Waals surface area contributed by atoms with Crippen molar-refractivity contribution in [2.75, 3.05) is 6.61 Å². The number of hydrogen-bond acceptors (Lipinski definition) is 9. The van der Waals surface area contributed by atoms with Crippen molar-refractivity contribution in [1.29, 1.82) is 0 Å². The maximum absolute atomic E-state index is 15.1. The first-order chi connectivity index (χ1) is 23.1. The summed E-state index contributed by atoms with van der Waals surface area (Å²) in [4.78, 5) is 38.3. The maximum Gasteiger partial charge on any atom is 0.478 e. The third kappa shape index (κ3) is 8.27. The Hall–Kier alpha value is -3.10. The molecular formula is C36H48F5NO8S. The van der Waals surface area contributed by atoms with Crippen LogP contribution in [0.4, 0.5) is 22.0 Å².